The van der Waals surface area contributed by atoms with Crippen LogP contribution in [0.1, 0.15) is 37.8 Å². The third kappa shape index (κ3) is 3.24. The molecule has 20 heavy (non-hydrogen) atoms. The lowest BCUT2D eigenvalue weighted by Crippen LogP contribution is -2.43. The SMILES string of the molecule is CC(C)CC1CN(C2Cc3ccccc3C2)CCCN1. The van der Waals surface area contributed by atoms with E-state index in [2.05, 4.69) is 48.3 Å². The molecular formula is C18H28N2. The van der Waals surface area contributed by atoms with Gasteiger partial charge in [-0.3, -0.25) is 4.90 Å². The molecule has 0 radical (unpaired) electrons. The van der Waals surface area contributed by atoms with Crippen LogP contribution in [0.2, 0.25) is 0 Å². The molecule has 1 fully saturated rings. The van der Waals surface area contributed by atoms with E-state index in [4.69, 9.17) is 0 Å². The zero-order chi connectivity index (χ0) is 13.9. The number of rotatable bonds is 3. The van der Waals surface area contributed by atoms with E-state index < -0.39 is 0 Å². The number of nitrogens with zero attached hydrogens (tertiary/aromatic N) is 1. The molecule has 1 N–H and O–H groups in total. The molecule has 1 aromatic rings. The van der Waals surface area contributed by atoms with Crippen LogP contribution in [0.3, 0.4) is 0 Å². The van der Waals surface area contributed by atoms with Crippen molar-refractivity contribution in [1.29, 1.82) is 0 Å². The first-order valence-corrected chi connectivity index (χ1v) is 8.26. The van der Waals surface area contributed by atoms with Gasteiger partial charge in [0.15, 0.2) is 0 Å². The Hall–Kier alpha value is -0.860. The number of hydrogen-bond acceptors (Lipinski definition) is 2. The number of benzene rings is 1. The van der Waals surface area contributed by atoms with E-state index in [9.17, 15) is 0 Å². The number of nitrogens with one attached hydrogen (secondary N) is 1. The molecule has 0 aromatic heterocycles. The van der Waals surface area contributed by atoms with Crippen molar-refractivity contribution >= 4 is 0 Å². The molecule has 1 atom stereocenters. The summed E-state index contributed by atoms with van der Waals surface area (Å²) in [6.07, 6.45) is 5.10. The van der Waals surface area contributed by atoms with Crippen molar-refractivity contribution in [1.82, 2.24) is 10.2 Å². The summed E-state index contributed by atoms with van der Waals surface area (Å²) < 4.78 is 0. The van der Waals surface area contributed by atoms with Gasteiger partial charge in [0, 0.05) is 18.6 Å². The Morgan fingerprint density at radius 3 is 2.55 bits per heavy atom. The molecule has 2 nitrogen and oxygen atoms in total. The second-order valence-electron chi connectivity index (χ2n) is 6.96. The number of hydrogen-bond donors (Lipinski definition) is 1. The van der Waals surface area contributed by atoms with Crippen LogP contribution < -0.4 is 5.32 Å². The minimum absolute atomic E-state index is 0.682. The summed E-state index contributed by atoms with van der Waals surface area (Å²) in [7, 11) is 0. The molecule has 1 heterocycles. The predicted molar refractivity (Wildman–Crippen MR) is 85.1 cm³/mol. The molecule has 1 aliphatic heterocycles. The van der Waals surface area contributed by atoms with Gasteiger partial charge in [-0.2, -0.15) is 0 Å². The highest BCUT2D eigenvalue weighted by molar-refractivity contribution is 5.33. The summed E-state index contributed by atoms with van der Waals surface area (Å²) in [6, 6.07) is 10.4. The number of fused-ring (bicyclic) bond motifs is 1. The summed E-state index contributed by atoms with van der Waals surface area (Å²) >= 11 is 0. The van der Waals surface area contributed by atoms with E-state index in [0.29, 0.717) is 6.04 Å². The van der Waals surface area contributed by atoms with Crippen LogP contribution in [0.15, 0.2) is 24.3 Å². The molecule has 0 saturated carbocycles. The third-order valence-electron chi connectivity index (χ3n) is 4.81. The van der Waals surface area contributed by atoms with Gasteiger partial charge >= 0.3 is 0 Å². The standard InChI is InChI=1S/C18H28N2/c1-14(2)10-17-13-20(9-5-8-19-17)18-11-15-6-3-4-7-16(15)12-18/h3-4,6-7,14,17-19H,5,8-13H2,1-2H3. The fourth-order valence-electron chi connectivity index (χ4n) is 3.88. The van der Waals surface area contributed by atoms with E-state index in [1.807, 2.05) is 0 Å². The average molecular weight is 272 g/mol. The molecule has 110 valence electrons. The zero-order valence-electron chi connectivity index (χ0n) is 12.9. The summed E-state index contributed by atoms with van der Waals surface area (Å²) in [5.41, 5.74) is 3.16. The van der Waals surface area contributed by atoms with Crippen molar-refractivity contribution < 1.29 is 0 Å². The molecule has 3 rings (SSSR count). The highest BCUT2D eigenvalue weighted by atomic mass is 15.2. The first-order chi connectivity index (χ1) is 9.72. The maximum atomic E-state index is 3.75. The van der Waals surface area contributed by atoms with E-state index in [0.717, 1.165) is 12.0 Å². The average Bonchev–Trinajstić information content (AvgIpc) is 2.72. The Bertz CT molecular complexity index is 416. The van der Waals surface area contributed by atoms with Crippen LogP contribution in [-0.2, 0) is 12.8 Å². The van der Waals surface area contributed by atoms with Crippen LogP contribution in [0.4, 0.5) is 0 Å². The summed E-state index contributed by atoms with van der Waals surface area (Å²) in [5.74, 6) is 0.785. The highest BCUT2D eigenvalue weighted by Gasteiger charge is 2.29. The van der Waals surface area contributed by atoms with Crippen LogP contribution in [-0.4, -0.2) is 36.6 Å². The summed E-state index contributed by atoms with van der Waals surface area (Å²) in [6.45, 7) is 8.36. The Morgan fingerprint density at radius 1 is 1.20 bits per heavy atom. The van der Waals surface area contributed by atoms with Gasteiger partial charge in [-0.1, -0.05) is 38.1 Å². The van der Waals surface area contributed by atoms with Gasteiger partial charge < -0.3 is 5.32 Å². The third-order valence-corrected chi connectivity index (χ3v) is 4.81. The first-order valence-electron chi connectivity index (χ1n) is 8.26. The quantitative estimate of drug-likeness (QED) is 0.910. The van der Waals surface area contributed by atoms with Crippen molar-refractivity contribution in [3.8, 4) is 0 Å². The molecular weight excluding hydrogens is 244 g/mol. The monoisotopic (exact) mass is 272 g/mol. The first kappa shape index (κ1) is 14.1. The van der Waals surface area contributed by atoms with Crippen molar-refractivity contribution in [2.24, 2.45) is 5.92 Å². The fraction of sp³-hybridized carbons (Fsp3) is 0.667. The molecule has 0 spiro atoms. The molecule has 0 bridgehead atoms. The minimum atomic E-state index is 0.682. The molecule has 2 aliphatic rings. The smallest absolute Gasteiger partial charge is 0.0197 e. The van der Waals surface area contributed by atoms with Gasteiger partial charge in [0.2, 0.25) is 0 Å². The molecule has 1 saturated heterocycles. The van der Waals surface area contributed by atoms with Gasteiger partial charge in [-0.05, 0) is 55.8 Å². The van der Waals surface area contributed by atoms with E-state index in [-0.39, 0.29) is 0 Å². The molecule has 1 aliphatic carbocycles. The highest BCUT2D eigenvalue weighted by Crippen LogP contribution is 2.26. The second kappa shape index (κ2) is 6.28. The maximum Gasteiger partial charge on any atom is 0.0197 e. The zero-order valence-corrected chi connectivity index (χ0v) is 12.9. The van der Waals surface area contributed by atoms with E-state index in [1.165, 1.54) is 45.3 Å². The van der Waals surface area contributed by atoms with Crippen LogP contribution in [0.25, 0.3) is 0 Å². The van der Waals surface area contributed by atoms with Crippen LogP contribution in [0, 0.1) is 5.92 Å². The lowest BCUT2D eigenvalue weighted by molar-refractivity contribution is 0.191. The Labute approximate surface area is 123 Å². The van der Waals surface area contributed by atoms with Gasteiger partial charge in [0.05, 0.1) is 0 Å². The van der Waals surface area contributed by atoms with Crippen molar-refractivity contribution in [3.63, 3.8) is 0 Å². The van der Waals surface area contributed by atoms with Gasteiger partial charge in [-0.25, -0.2) is 0 Å². The fourth-order valence-corrected chi connectivity index (χ4v) is 3.88. The second-order valence-corrected chi connectivity index (χ2v) is 6.96. The maximum absolute atomic E-state index is 3.75. The normalized spacial score (nSPS) is 24.9. The van der Waals surface area contributed by atoms with Crippen LogP contribution in [0.5, 0.6) is 0 Å². The lowest BCUT2D eigenvalue weighted by Gasteiger charge is -2.30. The molecule has 1 aromatic carbocycles. The van der Waals surface area contributed by atoms with Gasteiger partial charge in [0.25, 0.3) is 0 Å². The van der Waals surface area contributed by atoms with Crippen molar-refractivity contribution in [2.75, 3.05) is 19.6 Å². The lowest BCUT2D eigenvalue weighted by atomic mass is 10.0. The molecule has 0 amide bonds. The van der Waals surface area contributed by atoms with Gasteiger partial charge in [0.1, 0.15) is 0 Å². The van der Waals surface area contributed by atoms with E-state index >= 15 is 0 Å². The molecule has 1 unspecified atom stereocenters. The Morgan fingerprint density at radius 2 is 1.90 bits per heavy atom. The minimum Gasteiger partial charge on any atom is -0.313 e. The van der Waals surface area contributed by atoms with Crippen molar-refractivity contribution in [2.45, 2.75) is 51.6 Å². The Kier molecular flexibility index (Phi) is 4.42. The van der Waals surface area contributed by atoms with Gasteiger partial charge in [-0.15, -0.1) is 0 Å². The largest absolute Gasteiger partial charge is 0.313 e. The Balaban J connectivity index is 1.65. The molecule has 2 heteroatoms. The van der Waals surface area contributed by atoms with Crippen molar-refractivity contribution in [3.05, 3.63) is 35.4 Å². The predicted octanol–water partition coefficient (Wildman–Crippen LogP) is 2.86. The summed E-state index contributed by atoms with van der Waals surface area (Å²) in [5, 5.41) is 3.75. The topological polar surface area (TPSA) is 15.3 Å². The van der Waals surface area contributed by atoms with E-state index in [1.54, 1.807) is 11.1 Å². The van der Waals surface area contributed by atoms with Crippen LogP contribution >= 0.6 is 0 Å². The summed E-state index contributed by atoms with van der Waals surface area (Å²) in [4.78, 5) is 2.76.